The lowest BCUT2D eigenvalue weighted by atomic mass is 9.97. The van der Waals surface area contributed by atoms with Crippen molar-refractivity contribution in [2.45, 2.75) is 51.4 Å². The van der Waals surface area contributed by atoms with Crippen LogP contribution in [0.1, 0.15) is 51.4 Å². The minimum Gasteiger partial charge on any atom is -0.303 e. The second-order valence-electron chi connectivity index (χ2n) is 6.72. The molecule has 0 aromatic carbocycles. The van der Waals surface area contributed by atoms with Gasteiger partial charge in [-0.1, -0.05) is 25.7 Å². The van der Waals surface area contributed by atoms with E-state index in [2.05, 4.69) is 9.62 Å². The zero-order valence-electron chi connectivity index (χ0n) is 12.8. The maximum Gasteiger partial charge on any atom is 0.208 e. The van der Waals surface area contributed by atoms with E-state index in [0.29, 0.717) is 12.5 Å². The van der Waals surface area contributed by atoms with Crippen LogP contribution in [0.2, 0.25) is 0 Å². The van der Waals surface area contributed by atoms with Gasteiger partial charge in [0.25, 0.3) is 0 Å². The maximum atomic E-state index is 11.1. The fourth-order valence-corrected chi connectivity index (χ4v) is 4.23. The van der Waals surface area contributed by atoms with E-state index in [0.717, 1.165) is 18.9 Å². The molecule has 0 spiro atoms. The van der Waals surface area contributed by atoms with Gasteiger partial charge >= 0.3 is 0 Å². The van der Waals surface area contributed by atoms with Crippen molar-refractivity contribution in [3.05, 3.63) is 0 Å². The summed E-state index contributed by atoms with van der Waals surface area (Å²) >= 11 is 0. The number of hydrogen-bond donors (Lipinski definition) is 1. The molecule has 20 heavy (non-hydrogen) atoms. The fraction of sp³-hybridized carbons (Fsp3) is 1.00. The highest BCUT2D eigenvalue weighted by atomic mass is 32.2. The van der Waals surface area contributed by atoms with Gasteiger partial charge in [-0.25, -0.2) is 13.1 Å². The van der Waals surface area contributed by atoms with Gasteiger partial charge in [0, 0.05) is 13.1 Å². The molecule has 2 fully saturated rings. The lowest BCUT2D eigenvalue weighted by Crippen LogP contribution is -2.41. The molecule has 4 nitrogen and oxygen atoms in total. The zero-order chi connectivity index (χ0) is 14.4. The van der Waals surface area contributed by atoms with Crippen LogP contribution in [0.25, 0.3) is 0 Å². The third-order valence-electron chi connectivity index (χ3n) is 4.80. The van der Waals surface area contributed by atoms with Crippen LogP contribution < -0.4 is 4.72 Å². The maximum absolute atomic E-state index is 11.1. The van der Waals surface area contributed by atoms with Gasteiger partial charge in [0.1, 0.15) is 0 Å². The first-order valence-electron chi connectivity index (χ1n) is 8.20. The molecule has 2 rings (SSSR count). The van der Waals surface area contributed by atoms with Gasteiger partial charge in [0.15, 0.2) is 0 Å². The van der Waals surface area contributed by atoms with Gasteiger partial charge in [-0.05, 0) is 50.6 Å². The van der Waals surface area contributed by atoms with E-state index in [9.17, 15) is 8.42 Å². The molecule has 0 bridgehead atoms. The fourth-order valence-electron chi connectivity index (χ4n) is 3.69. The van der Waals surface area contributed by atoms with Crippen molar-refractivity contribution in [1.29, 1.82) is 0 Å². The Hall–Kier alpha value is -0.130. The van der Waals surface area contributed by atoms with Crippen LogP contribution in [0.15, 0.2) is 0 Å². The molecule has 1 heterocycles. The standard InChI is InChI=1S/C15H30N2O2S/c1-20(18,19)16-12-15-9-5-11-17(13-15)10-4-8-14-6-2-3-7-14/h14-16H,2-13H2,1H3/t15-/m0/s1. The molecule has 1 atom stereocenters. The van der Waals surface area contributed by atoms with E-state index < -0.39 is 10.0 Å². The Morgan fingerprint density at radius 3 is 2.50 bits per heavy atom. The third kappa shape index (κ3) is 6.10. The number of rotatable bonds is 7. The third-order valence-corrected chi connectivity index (χ3v) is 5.49. The van der Waals surface area contributed by atoms with Crippen molar-refractivity contribution in [3.8, 4) is 0 Å². The van der Waals surface area contributed by atoms with Crippen LogP contribution in [-0.4, -0.2) is 45.8 Å². The highest BCUT2D eigenvalue weighted by Gasteiger charge is 2.21. The van der Waals surface area contributed by atoms with Crippen molar-refractivity contribution in [2.75, 3.05) is 32.4 Å². The van der Waals surface area contributed by atoms with Crippen molar-refractivity contribution in [3.63, 3.8) is 0 Å². The van der Waals surface area contributed by atoms with E-state index in [1.807, 2.05) is 0 Å². The van der Waals surface area contributed by atoms with Gasteiger partial charge < -0.3 is 4.90 Å². The summed E-state index contributed by atoms with van der Waals surface area (Å²) in [7, 11) is -3.04. The molecule has 1 aliphatic carbocycles. The number of nitrogens with zero attached hydrogens (tertiary/aromatic N) is 1. The molecule has 0 radical (unpaired) electrons. The Kier molecular flexibility index (Phi) is 6.30. The van der Waals surface area contributed by atoms with Crippen LogP contribution in [0.3, 0.4) is 0 Å². The first-order valence-corrected chi connectivity index (χ1v) is 10.1. The van der Waals surface area contributed by atoms with Crippen LogP contribution in [0, 0.1) is 11.8 Å². The van der Waals surface area contributed by atoms with E-state index in [4.69, 9.17) is 0 Å². The monoisotopic (exact) mass is 302 g/mol. The predicted molar refractivity (Wildman–Crippen MR) is 83.2 cm³/mol. The van der Waals surface area contributed by atoms with Crippen molar-refractivity contribution >= 4 is 10.0 Å². The molecule has 1 aliphatic heterocycles. The lowest BCUT2D eigenvalue weighted by molar-refractivity contribution is 0.170. The van der Waals surface area contributed by atoms with E-state index in [1.54, 1.807) is 0 Å². The molecule has 1 saturated carbocycles. The van der Waals surface area contributed by atoms with Gasteiger partial charge in [-0.3, -0.25) is 0 Å². The molecule has 0 unspecified atom stereocenters. The van der Waals surface area contributed by atoms with E-state index in [-0.39, 0.29) is 0 Å². The van der Waals surface area contributed by atoms with Crippen molar-refractivity contribution in [1.82, 2.24) is 9.62 Å². The van der Waals surface area contributed by atoms with Gasteiger partial charge in [-0.2, -0.15) is 0 Å². The van der Waals surface area contributed by atoms with Crippen molar-refractivity contribution < 1.29 is 8.42 Å². The molecule has 0 amide bonds. The normalized spacial score (nSPS) is 26.1. The smallest absolute Gasteiger partial charge is 0.208 e. The van der Waals surface area contributed by atoms with Crippen LogP contribution in [-0.2, 0) is 10.0 Å². The Bertz CT molecular complexity index is 377. The Balaban J connectivity index is 1.62. The minimum absolute atomic E-state index is 0.491. The number of sulfonamides is 1. The second-order valence-corrected chi connectivity index (χ2v) is 8.56. The second kappa shape index (κ2) is 7.76. The Morgan fingerprint density at radius 2 is 1.80 bits per heavy atom. The van der Waals surface area contributed by atoms with Gasteiger partial charge in [-0.15, -0.1) is 0 Å². The molecule has 0 aromatic rings. The summed E-state index contributed by atoms with van der Waals surface area (Å²) in [4.78, 5) is 2.53. The summed E-state index contributed by atoms with van der Waals surface area (Å²) in [5, 5.41) is 0. The summed E-state index contributed by atoms with van der Waals surface area (Å²) in [6, 6.07) is 0. The molecule has 2 aliphatic rings. The average molecular weight is 302 g/mol. The summed E-state index contributed by atoms with van der Waals surface area (Å²) in [6.45, 7) is 4.07. The Labute approximate surface area is 124 Å². The lowest BCUT2D eigenvalue weighted by Gasteiger charge is -2.32. The van der Waals surface area contributed by atoms with Crippen molar-refractivity contribution in [2.24, 2.45) is 11.8 Å². The topological polar surface area (TPSA) is 49.4 Å². The molecule has 0 aromatic heterocycles. The Morgan fingerprint density at radius 1 is 1.10 bits per heavy atom. The largest absolute Gasteiger partial charge is 0.303 e. The molecule has 1 saturated heterocycles. The number of nitrogens with one attached hydrogen (secondary N) is 1. The molecular weight excluding hydrogens is 272 g/mol. The summed E-state index contributed by atoms with van der Waals surface area (Å²) in [5.41, 5.74) is 0. The SMILES string of the molecule is CS(=O)(=O)NC[C@@H]1CCCN(CCCC2CCCC2)C1. The first kappa shape index (κ1) is 16.2. The minimum atomic E-state index is -3.04. The van der Waals surface area contributed by atoms with E-state index in [1.165, 1.54) is 64.3 Å². The summed E-state index contributed by atoms with van der Waals surface area (Å²) in [6.07, 6.45) is 12.1. The van der Waals surface area contributed by atoms with Crippen LogP contribution >= 0.6 is 0 Å². The molecule has 118 valence electrons. The quantitative estimate of drug-likeness (QED) is 0.784. The zero-order valence-corrected chi connectivity index (χ0v) is 13.6. The number of hydrogen-bond acceptors (Lipinski definition) is 3. The summed E-state index contributed by atoms with van der Waals surface area (Å²) < 4.78 is 25.0. The van der Waals surface area contributed by atoms with Gasteiger partial charge in [0.05, 0.1) is 6.26 Å². The van der Waals surface area contributed by atoms with Crippen LogP contribution in [0.5, 0.6) is 0 Å². The number of piperidine rings is 1. The predicted octanol–water partition coefficient (Wildman–Crippen LogP) is 2.22. The highest BCUT2D eigenvalue weighted by Crippen LogP contribution is 2.28. The van der Waals surface area contributed by atoms with Crippen LogP contribution in [0.4, 0.5) is 0 Å². The first-order chi connectivity index (χ1) is 9.53. The highest BCUT2D eigenvalue weighted by molar-refractivity contribution is 7.88. The number of likely N-dealkylation sites (tertiary alicyclic amines) is 1. The molecule has 5 heteroatoms. The molecular formula is C15H30N2O2S. The summed E-state index contributed by atoms with van der Waals surface area (Å²) in [5.74, 6) is 1.48. The van der Waals surface area contributed by atoms with E-state index >= 15 is 0 Å². The van der Waals surface area contributed by atoms with Gasteiger partial charge in [0.2, 0.25) is 10.0 Å². The average Bonchev–Trinajstić information content (AvgIpc) is 2.89. The molecule has 1 N–H and O–H groups in total.